The lowest BCUT2D eigenvalue weighted by molar-refractivity contribution is 0.0317. The van der Waals surface area contributed by atoms with Crippen molar-refractivity contribution in [2.45, 2.75) is 64.2 Å². The van der Waals surface area contributed by atoms with E-state index in [4.69, 9.17) is 16.3 Å². The maximum atomic E-state index is 14.9. The molecule has 0 aliphatic rings. The number of carbonyl (C=O) groups excluding carboxylic acids is 1. The molecule has 0 radical (unpaired) electrons. The molecule has 0 aliphatic heterocycles. The van der Waals surface area contributed by atoms with E-state index in [-0.39, 0.29) is 29.4 Å². The second-order valence-electron chi connectivity index (χ2n) is 10.0. The highest BCUT2D eigenvalue weighted by atomic mass is 35.5. The van der Waals surface area contributed by atoms with Crippen molar-refractivity contribution in [3.05, 3.63) is 57.6 Å². The number of amides is 1. The summed E-state index contributed by atoms with van der Waals surface area (Å²) in [4.78, 5) is 13.3. The Kier molecular flexibility index (Phi) is 9.92. The van der Waals surface area contributed by atoms with E-state index in [1.807, 2.05) is 0 Å². The summed E-state index contributed by atoms with van der Waals surface area (Å²) in [7, 11) is 0.659. The van der Waals surface area contributed by atoms with Crippen molar-refractivity contribution < 1.29 is 27.4 Å². The van der Waals surface area contributed by atoms with Crippen LogP contribution in [-0.2, 0) is 27.7 Å². The van der Waals surface area contributed by atoms with Gasteiger partial charge in [0.05, 0.1) is 29.1 Å². The quantitative estimate of drug-likeness (QED) is 0.487. The predicted molar refractivity (Wildman–Crippen MR) is 141 cm³/mol. The SMILES string of the molecule is Cc1nn(Cc2ccc(S(=O)(=O)N(C)C)c(Cl)c2)c(C(C)O)c1C/C(F)=C/CN(C)C(=O)OC(C)(C)C. The fourth-order valence-electron chi connectivity index (χ4n) is 3.56. The highest BCUT2D eigenvalue weighted by Gasteiger charge is 2.24. The van der Waals surface area contributed by atoms with Crippen LogP contribution in [0.15, 0.2) is 35.0 Å². The maximum Gasteiger partial charge on any atom is 0.410 e. The zero-order valence-corrected chi connectivity index (χ0v) is 24.1. The van der Waals surface area contributed by atoms with Gasteiger partial charge >= 0.3 is 6.09 Å². The summed E-state index contributed by atoms with van der Waals surface area (Å²) < 4.78 is 47.6. The van der Waals surface area contributed by atoms with E-state index in [0.717, 1.165) is 4.31 Å². The third-order valence-electron chi connectivity index (χ3n) is 5.42. The topological polar surface area (TPSA) is 105 Å². The van der Waals surface area contributed by atoms with Crippen LogP contribution in [0.3, 0.4) is 0 Å². The fraction of sp³-hybridized carbons (Fsp3) is 0.520. The number of benzene rings is 1. The van der Waals surface area contributed by atoms with Gasteiger partial charge in [-0.2, -0.15) is 5.10 Å². The van der Waals surface area contributed by atoms with Crippen LogP contribution in [0, 0.1) is 6.92 Å². The number of aryl methyl sites for hydroxylation is 1. The van der Waals surface area contributed by atoms with Crippen LogP contribution < -0.4 is 0 Å². The fourth-order valence-corrected chi connectivity index (χ4v) is 4.99. The smallest absolute Gasteiger partial charge is 0.410 e. The van der Waals surface area contributed by atoms with Gasteiger partial charge < -0.3 is 14.7 Å². The number of aliphatic hydroxyl groups excluding tert-OH is 1. The van der Waals surface area contributed by atoms with Gasteiger partial charge in [0.2, 0.25) is 10.0 Å². The van der Waals surface area contributed by atoms with Crippen LogP contribution in [0.25, 0.3) is 0 Å². The van der Waals surface area contributed by atoms with E-state index in [1.54, 1.807) is 45.4 Å². The minimum atomic E-state index is -3.70. The Labute approximate surface area is 223 Å². The average molecular weight is 559 g/mol. The number of ether oxygens (including phenoxy) is 1. The van der Waals surface area contributed by atoms with Crippen molar-refractivity contribution in [2.75, 3.05) is 27.7 Å². The normalized spacial score (nSPS) is 13.7. The number of nitrogens with zero attached hydrogens (tertiary/aromatic N) is 4. The van der Waals surface area contributed by atoms with Gasteiger partial charge in [-0.05, 0) is 58.4 Å². The van der Waals surface area contributed by atoms with Gasteiger partial charge in [0, 0.05) is 39.7 Å². The molecule has 0 fully saturated rings. The van der Waals surface area contributed by atoms with Gasteiger partial charge in [-0.3, -0.25) is 4.68 Å². The van der Waals surface area contributed by atoms with Gasteiger partial charge in [0.1, 0.15) is 16.3 Å². The highest BCUT2D eigenvalue weighted by molar-refractivity contribution is 7.89. The number of sulfonamides is 1. The van der Waals surface area contributed by atoms with Crippen molar-refractivity contribution in [3.8, 4) is 0 Å². The molecule has 0 bridgehead atoms. The van der Waals surface area contributed by atoms with Crippen molar-refractivity contribution in [3.63, 3.8) is 0 Å². The Hall–Kier alpha value is -2.47. The molecule has 206 valence electrons. The van der Waals surface area contributed by atoms with Gasteiger partial charge in [0.25, 0.3) is 0 Å². The lowest BCUT2D eigenvalue weighted by Crippen LogP contribution is -2.34. The monoisotopic (exact) mass is 558 g/mol. The van der Waals surface area contributed by atoms with Crippen LogP contribution in [0.1, 0.15) is 56.3 Å². The number of aliphatic hydroxyl groups is 1. The maximum absolute atomic E-state index is 14.9. The highest BCUT2D eigenvalue weighted by Crippen LogP contribution is 2.28. The van der Waals surface area contributed by atoms with E-state index in [0.29, 0.717) is 22.5 Å². The Bertz CT molecular complexity index is 1270. The first kappa shape index (κ1) is 30.8. The van der Waals surface area contributed by atoms with Crippen LogP contribution in [0.2, 0.25) is 5.02 Å². The van der Waals surface area contributed by atoms with Gasteiger partial charge in [-0.25, -0.2) is 21.9 Å². The predicted octanol–water partition coefficient (Wildman–Crippen LogP) is 4.46. The molecule has 1 N–H and O–H groups in total. The molecule has 2 aromatic rings. The number of allylic oxidation sites excluding steroid dienone is 1. The third kappa shape index (κ3) is 8.00. The molecule has 0 spiro atoms. The largest absolute Gasteiger partial charge is 0.444 e. The van der Waals surface area contributed by atoms with E-state index in [2.05, 4.69) is 5.10 Å². The number of hydrogen-bond acceptors (Lipinski definition) is 6. The summed E-state index contributed by atoms with van der Waals surface area (Å²) in [5, 5.41) is 15.0. The molecule has 1 aromatic carbocycles. The molecule has 1 aromatic heterocycles. The average Bonchev–Trinajstić information content (AvgIpc) is 3.05. The number of likely N-dealkylation sites (N-methyl/N-ethyl adjacent to an activating group) is 1. The molecule has 0 saturated carbocycles. The van der Waals surface area contributed by atoms with E-state index >= 15 is 0 Å². The van der Waals surface area contributed by atoms with Crippen molar-refractivity contribution in [1.29, 1.82) is 0 Å². The lowest BCUT2D eigenvalue weighted by atomic mass is 10.1. The third-order valence-corrected chi connectivity index (χ3v) is 7.71. The summed E-state index contributed by atoms with van der Waals surface area (Å²) in [5.41, 5.74) is 1.51. The molecule has 2 rings (SSSR count). The van der Waals surface area contributed by atoms with Crippen LogP contribution in [0.4, 0.5) is 9.18 Å². The Morgan fingerprint density at radius 2 is 1.92 bits per heavy atom. The number of aromatic nitrogens is 2. The second-order valence-corrected chi connectivity index (χ2v) is 12.6. The van der Waals surface area contributed by atoms with Gasteiger partial charge in [0.15, 0.2) is 0 Å². The Morgan fingerprint density at radius 1 is 1.30 bits per heavy atom. The minimum Gasteiger partial charge on any atom is -0.444 e. The van der Waals surface area contributed by atoms with Crippen molar-refractivity contribution >= 4 is 27.7 Å². The first-order valence-electron chi connectivity index (χ1n) is 11.7. The number of halogens is 2. The molecule has 1 atom stereocenters. The second kappa shape index (κ2) is 11.9. The molecule has 1 unspecified atom stereocenters. The molecule has 0 aliphatic carbocycles. The Morgan fingerprint density at radius 3 is 2.43 bits per heavy atom. The van der Waals surface area contributed by atoms with Crippen molar-refractivity contribution in [1.82, 2.24) is 19.0 Å². The number of carbonyl (C=O) groups is 1. The van der Waals surface area contributed by atoms with Crippen LogP contribution in [0.5, 0.6) is 0 Å². The van der Waals surface area contributed by atoms with E-state index < -0.39 is 33.6 Å². The summed E-state index contributed by atoms with van der Waals surface area (Å²) >= 11 is 6.27. The summed E-state index contributed by atoms with van der Waals surface area (Å²) in [6, 6.07) is 4.58. The standard InChI is InChI=1S/C25H36ClFN4O5S/c1-16-20(14-19(27)11-12-30(8)24(33)36-25(3,4)5)23(17(2)32)31(28-16)15-18-9-10-22(21(26)13-18)37(34,35)29(6)7/h9-11,13,17,32H,12,14-15H2,1-8H3/b19-11-. The minimum absolute atomic E-state index is 0.0125. The summed E-state index contributed by atoms with van der Waals surface area (Å²) in [6.07, 6.45) is -0.337. The molecule has 37 heavy (non-hydrogen) atoms. The summed E-state index contributed by atoms with van der Waals surface area (Å²) in [5.74, 6) is -0.485. The van der Waals surface area contributed by atoms with Crippen LogP contribution in [-0.4, -0.2) is 71.9 Å². The number of rotatable bonds is 9. The van der Waals surface area contributed by atoms with Gasteiger partial charge in [-0.1, -0.05) is 17.7 Å². The van der Waals surface area contributed by atoms with E-state index in [1.165, 1.54) is 44.3 Å². The van der Waals surface area contributed by atoms with Crippen molar-refractivity contribution in [2.24, 2.45) is 0 Å². The Balaban J connectivity index is 2.27. The van der Waals surface area contributed by atoms with Gasteiger partial charge in [-0.15, -0.1) is 0 Å². The molecule has 12 heteroatoms. The molecular formula is C25H36ClFN4O5S. The summed E-state index contributed by atoms with van der Waals surface area (Å²) in [6.45, 7) is 8.74. The number of hydrogen-bond donors (Lipinski definition) is 1. The zero-order valence-electron chi connectivity index (χ0n) is 22.5. The van der Waals surface area contributed by atoms with Crippen LogP contribution >= 0.6 is 11.6 Å². The first-order chi connectivity index (χ1) is 16.9. The molecule has 1 heterocycles. The lowest BCUT2D eigenvalue weighted by Gasteiger charge is -2.23. The molecular weight excluding hydrogens is 523 g/mol. The zero-order chi connectivity index (χ0) is 28.3. The molecule has 0 saturated heterocycles. The van der Waals surface area contributed by atoms with E-state index in [9.17, 15) is 22.7 Å². The first-order valence-corrected chi connectivity index (χ1v) is 13.5. The molecule has 1 amide bonds. The molecule has 9 nitrogen and oxygen atoms in total.